The van der Waals surface area contributed by atoms with Crippen LogP contribution in [0.5, 0.6) is 0 Å². The van der Waals surface area contributed by atoms with Gasteiger partial charge in [0.15, 0.2) is 0 Å². The van der Waals surface area contributed by atoms with E-state index in [1.165, 1.54) is 25.9 Å². The van der Waals surface area contributed by atoms with Crippen molar-refractivity contribution >= 4 is 5.78 Å². The molecule has 0 aromatic rings. The molecule has 2 heteroatoms. The third kappa shape index (κ3) is 10.8. The molecule has 0 aromatic carbocycles. The Hall–Kier alpha value is -0.370. The van der Waals surface area contributed by atoms with Crippen LogP contribution in [0.25, 0.3) is 0 Å². The molecular weight excluding hydrogens is 222 g/mol. The van der Waals surface area contributed by atoms with Crippen molar-refractivity contribution in [2.75, 3.05) is 19.6 Å². The fraction of sp³-hybridized carbons (Fsp3) is 0.938. The molecule has 0 fully saturated rings. The fourth-order valence-corrected chi connectivity index (χ4v) is 1.89. The smallest absolute Gasteiger partial charge is 0.132 e. The predicted molar refractivity (Wildman–Crippen MR) is 79.9 cm³/mol. The second kappa shape index (κ2) is 10.5. The molecule has 0 bridgehead atoms. The van der Waals surface area contributed by atoms with E-state index in [1.807, 2.05) is 6.92 Å². The molecule has 0 atom stereocenters. The van der Waals surface area contributed by atoms with Crippen molar-refractivity contribution in [1.82, 2.24) is 4.90 Å². The normalized spacial score (nSPS) is 11.8. The number of rotatable bonds is 11. The second-order valence-corrected chi connectivity index (χ2v) is 6.20. The van der Waals surface area contributed by atoms with E-state index >= 15 is 0 Å². The first-order chi connectivity index (χ1) is 8.45. The van der Waals surface area contributed by atoms with Crippen LogP contribution in [-0.2, 0) is 4.79 Å². The summed E-state index contributed by atoms with van der Waals surface area (Å²) >= 11 is 0. The standard InChI is InChI=1S/C16H33NO/c1-6-16(18)8-7-11-17(12-9-14(2)3)13-10-15(4)5/h14-15H,6-13H2,1-5H3. The zero-order valence-corrected chi connectivity index (χ0v) is 13.2. The molecule has 0 heterocycles. The monoisotopic (exact) mass is 255 g/mol. The number of carbonyl (C=O) groups excluding carboxylic acids is 1. The number of hydrogen-bond acceptors (Lipinski definition) is 2. The molecule has 18 heavy (non-hydrogen) atoms. The molecule has 0 spiro atoms. The molecule has 0 radical (unpaired) electrons. The first-order valence-corrected chi connectivity index (χ1v) is 7.69. The molecule has 0 aliphatic heterocycles. The highest BCUT2D eigenvalue weighted by atomic mass is 16.1. The Kier molecular flexibility index (Phi) is 10.3. The average Bonchev–Trinajstić information content (AvgIpc) is 2.31. The van der Waals surface area contributed by atoms with Crippen LogP contribution in [0.2, 0.25) is 0 Å². The summed E-state index contributed by atoms with van der Waals surface area (Å²) < 4.78 is 0. The van der Waals surface area contributed by atoms with Gasteiger partial charge in [-0.2, -0.15) is 0 Å². The minimum absolute atomic E-state index is 0.405. The summed E-state index contributed by atoms with van der Waals surface area (Å²) in [6, 6.07) is 0. The van der Waals surface area contributed by atoms with Crippen molar-refractivity contribution in [2.45, 2.75) is 66.7 Å². The maximum Gasteiger partial charge on any atom is 0.132 e. The summed E-state index contributed by atoms with van der Waals surface area (Å²) in [7, 11) is 0. The molecule has 108 valence electrons. The number of hydrogen-bond donors (Lipinski definition) is 0. The Labute approximate surface area is 114 Å². The van der Waals surface area contributed by atoms with E-state index in [2.05, 4.69) is 32.6 Å². The van der Waals surface area contributed by atoms with Gasteiger partial charge in [-0.1, -0.05) is 34.6 Å². The Morgan fingerprint density at radius 3 is 1.83 bits per heavy atom. The van der Waals surface area contributed by atoms with Crippen molar-refractivity contribution in [2.24, 2.45) is 11.8 Å². The quantitative estimate of drug-likeness (QED) is 0.553. The summed E-state index contributed by atoms with van der Waals surface area (Å²) in [4.78, 5) is 13.9. The molecule has 0 saturated carbocycles. The van der Waals surface area contributed by atoms with Gasteiger partial charge in [0, 0.05) is 12.8 Å². The molecule has 2 nitrogen and oxygen atoms in total. The molecule has 0 rings (SSSR count). The lowest BCUT2D eigenvalue weighted by Gasteiger charge is -2.24. The van der Waals surface area contributed by atoms with E-state index in [-0.39, 0.29) is 0 Å². The van der Waals surface area contributed by atoms with Gasteiger partial charge >= 0.3 is 0 Å². The van der Waals surface area contributed by atoms with E-state index in [9.17, 15) is 4.79 Å². The first kappa shape index (κ1) is 17.6. The summed E-state index contributed by atoms with van der Waals surface area (Å²) in [5.41, 5.74) is 0. The maximum atomic E-state index is 11.3. The van der Waals surface area contributed by atoms with E-state index in [0.29, 0.717) is 12.2 Å². The second-order valence-electron chi connectivity index (χ2n) is 6.20. The highest BCUT2D eigenvalue weighted by Crippen LogP contribution is 2.08. The molecule has 0 aliphatic rings. The molecule has 0 aliphatic carbocycles. The van der Waals surface area contributed by atoms with Crippen LogP contribution in [0, 0.1) is 11.8 Å². The SMILES string of the molecule is CCC(=O)CCCN(CCC(C)C)CCC(C)C. The molecule has 0 amide bonds. The van der Waals surface area contributed by atoms with Crippen molar-refractivity contribution < 1.29 is 4.79 Å². The molecule has 0 saturated heterocycles. The highest BCUT2D eigenvalue weighted by Gasteiger charge is 2.08. The molecule has 0 N–H and O–H groups in total. The minimum Gasteiger partial charge on any atom is -0.303 e. The van der Waals surface area contributed by atoms with Gasteiger partial charge in [-0.15, -0.1) is 0 Å². The molecule has 0 aromatic heterocycles. The summed E-state index contributed by atoms with van der Waals surface area (Å²) in [6.45, 7) is 14.5. The summed E-state index contributed by atoms with van der Waals surface area (Å²) in [6.07, 6.45) is 5.01. The van der Waals surface area contributed by atoms with Crippen LogP contribution in [0.3, 0.4) is 0 Å². The topological polar surface area (TPSA) is 20.3 Å². The zero-order valence-electron chi connectivity index (χ0n) is 13.2. The van der Waals surface area contributed by atoms with Crippen LogP contribution in [0.1, 0.15) is 66.7 Å². The van der Waals surface area contributed by atoms with Crippen molar-refractivity contribution in [3.8, 4) is 0 Å². The third-order valence-corrected chi connectivity index (χ3v) is 3.37. The zero-order chi connectivity index (χ0) is 14.0. The number of ketones is 1. The van der Waals surface area contributed by atoms with Crippen LogP contribution in [0.15, 0.2) is 0 Å². The fourth-order valence-electron chi connectivity index (χ4n) is 1.89. The lowest BCUT2D eigenvalue weighted by molar-refractivity contribution is -0.118. The number of nitrogens with zero attached hydrogens (tertiary/aromatic N) is 1. The Morgan fingerprint density at radius 2 is 1.44 bits per heavy atom. The maximum absolute atomic E-state index is 11.3. The van der Waals surface area contributed by atoms with Gasteiger partial charge in [0.1, 0.15) is 5.78 Å². The largest absolute Gasteiger partial charge is 0.303 e. The summed E-state index contributed by atoms with van der Waals surface area (Å²) in [5.74, 6) is 1.94. The lowest BCUT2D eigenvalue weighted by atomic mass is 10.1. The van der Waals surface area contributed by atoms with Gasteiger partial charge in [-0.25, -0.2) is 0 Å². The van der Waals surface area contributed by atoms with Crippen LogP contribution in [-0.4, -0.2) is 30.3 Å². The van der Waals surface area contributed by atoms with E-state index in [1.54, 1.807) is 0 Å². The van der Waals surface area contributed by atoms with E-state index in [4.69, 9.17) is 0 Å². The van der Waals surface area contributed by atoms with Gasteiger partial charge in [0.2, 0.25) is 0 Å². The first-order valence-electron chi connectivity index (χ1n) is 7.69. The van der Waals surface area contributed by atoms with Crippen molar-refractivity contribution in [3.05, 3.63) is 0 Å². The number of carbonyl (C=O) groups is 1. The summed E-state index contributed by atoms with van der Waals surface area (Å²) in [5, 5.41) is 0. The number of Topliss-reactive ketones (excluding diaryl/α,β-unsaturated/α-hetero) is 1. The average molecular weight is 255 g/mol. The highest BCUT2D eigenvalue weighted by molar-refractivity contribution is 5.77. The van der Waals surface area contributed by atoms with Crippen molar-refractivity contribution in [1.29, 1.82) is 0 Å². The minimum atomic E-state index is 0.405. The Morgan fingerprint density at radius 1 is 0.944 bits per heavy atom. The van der Waals surface area contributed by atoms with E-state index in [0.717, 1.165) is 31.2 Å². The van der Waals surface area contributed by atoms with Gasteiger partial charge in [-0.05, 0) is 50.7 Å². The third-order valence-electron chi connectivity index (χ3n) is 3.37. The van der Waals surface area contributed by atoms with Crippen molar-refractivity contribution in [3.63, 3.8) is 0 Å². The Bertz CT molecular complexity index is 199. The van der Waals surface area contributed by atoms with Crippen LogP contribution >= 0.6 is 0 Å². The van der Waals surface area contributed by atoms with Gasteiger partial charge in [-0.3, -0.25) is 4.79 Å². The van der Waals surface area contributed by atoms with Gasteiger partial charge < -0.3 is 4.90 Å². The van der Waals surface area contributed by atoms with Crippen LogP contribution < -0.4 is 0 Å². The molecular formula is C16H33NO. The molecule has 0 unspecified atom stereocenters. The van der Waals surface area contributed by atoms with Gasteiger partial charge in [0.25, 0.3) is 0 Å². The van der Waals surface area contributed by atoms with E-state index < -0.39 is 0 Å². The van der Waals surface area contributed by atoms with Gasteiger partial charge in [0.05, 0.1) is 0 Å². The Balaban J connectivity index is 3.91. The van der Waals surface area contributed by atoms with Crippen LogP contribution in [0.4, 0.5) is 0 Å². The lowest BCUT2D eigenvalue weighted by Crippen LogP contribution is -2.29. The predicted octanol–water partition coefficient (Wildman–Crippen LogP) is 4.14.